The number of carbonyl (C=O) groups excluding carboxylic acids is 1. The monoisotopic (exact) mass is 144 g/mol. The summed E-state index contributed by atoms with van der Waals surface area (Å²) in [7, 11) is 0. The Morgan fingerprint density at radius 2 is 2.20 bits per heavy atom. The fourth-order valence-electron chi connectivity index (χ4n) is 0.913. The van der Waals surface area contributed by atoms with Crippen LogP contribution in [0.1, 0.15) is 39.5 Å². The molecule has 0 saturated carbocycles. The third-order valence-electron chi connectivity index (χ3n) is 1.70. The van der Waals surface area contributed by atoms with Crippen molar-refractivity contribution in [2.45, 2.75) is 39.5 Å². The van der Waals surface area contributed by atoms with E-state index in [1.54, 1.807) is 0 Å². The van der Waals surface area contributed by atoms with Crippen molar-refractivity contribution in [3.05, 3.63) is 0 Å². The van der Waals surface area contributed by atoms with E-state index in [1.165, 1.54) is 19.1 Å². The molecule has 0 aliphatic rings. The van der Waals surface area contributed by atoms with Gasteiger partial charge in [-0.3, -0.25) is 0 Å². The Balaban J connectivity index is 3.39. The van der Waals surface area contributed by atoms with Crippen LogP contribution in [0, 0.1) is 5.92 Å². The Labute approximate surface area is 62.5 Å². The lowest BCUT2D eigenvalue weighted by atomic mass is 10.0. The van der Waals surface area contributed by atoms with Crippen molar-refractivity contribution in [3.63, 3.8) is 0 Å². The number of aldehydes is 1. The fraction of sp³-hybridized carbons (Fsp3) is 0.875. The highest BCUT2D eigenvalue weighted by Gasteiger charge is 2.06. The molecular weight excluding hydrogens is 128 g/mol. The maximum absolute atomic E-state index is 9.71. The van der Waals surface area contributed by atoms with Gasteiger partial charge in [0, 0.05) is 0 Å². The van der Waals surface area contributed by atoms with Crippen LogP contribution in [-0.2, 0) is 4.58 Å². The molecule has 0 aliphatic heterocycles. The molecule has 2 heteroatoms. The SMILES string of the molecule is CCCCC(C=[O+][O-])CC. The quantitative estimate of drug-likeness (QED) is 0.247. The number of unbranched alkanes of at least 4 members (excludes halogenated alkanes) is 1. The lowest BCUT2D eigenvalue weighted by Gasteiger charge is -2.00. The summed E-state index contributed by atoms with van der Waals surface area (Å²) < 4.78 is 3.72. The van der Waals surface area contributed by atoms with Gasteiger partial charge in [-0.2, -0.15) is 4.58 Å². The number of rotatable bonds is 5. The standard InChI is InChI=1S/C8H16O2/c1-3-5-6-8(4-2)7-10-9/h7-8H,3-6H2,1-2H3. The molecule has 0 bridgehead atoms. The summed E-state index contributed by atoms with van der Waals surface area (Å²) in [6.45, 7) is 4.21. The Bertz CT molecular complexity index is 89.3. The van der Waals surface area contributed by atoms with Crippen LogP contribution in [0.2, 0.25) is 0 Å². The molecular formula is C8H16O2. The molecule has 0 radical (unpaired) electrons. The van der Waals surface area contributed by atoms with Crippen molar-refractivity contribution in [1.82, 2.24) is 0 Å². The van der Waals surface area contributed by atoms with E-state index in [9.17, 15) is 5.26 Å². The zero-order valence-electron chi connectivity index (χ0n) is 6.80. The number of hydrogen-bond acceptors (Lipinski definition) is 1. The van der Waals surface area contributed by atoms with E-state index in [-0.39, 0.29) is 0 Å². The molecule has 0 aromatic carbocycles. The van der Waals surface area contributed by atoms with Crippen molar-refractivity contribution in [2.75, 3.05) is 0 Å². The Hall–Kier alpha value is -0.530. The minimum absolute atomic E-state index is 0.359. The molecule has 60 valence electrons. The average Bonchev–Trinajstić information content (AvgIpc) is 1.98. The second kappa shape index (κ2) is 6.59. The fourth-order valence-corrected chi connectivity index (χ4v) is 0.913. The van der Waals surface area contributed by atoms with Gasteiger partial charge in [-0.15, -0.1) is 0 Å². The molecule has 10 heavy (non-hydrogen) atoms. The normalized spacial score (nSPS) is 14.2. The van der Waals surface area contributed by atoms with Crippen LogP contribution in [-0.4, -0.2) is 6.29 Å². The van der Waals surface area contributed by atoms with Crippen molar-refractivity contribution in [3.8, 4) is 0 Å². The summed E-state index contributed by atoms with van der Waals surface area (Å²) in [5, 5.41) is 9.71. The molecule has 1 atom stereocenters. The van der Waals surface area contributed by atoms with E-state index in [2.05, 4.69) is 18.4 Å². The molecule has 0 N–H and O–H groups in total. The molecule has 0 amide bonds. The van der Waals surface area contributed by atoms with Crippen molar-refractivity contribution in [1.29, 1.82) is 0 Å². The lowest BCUT2D eigenvalue weighted by Crippen LogP contribution is -2.07. The van der Waals surface area contributed by atoms with Crippen LogP contribution in [0.3, 0.4) is 0 Å². The van der Waals surface area contributed by atoms with Gasteiger partial charge < -0.3 is 5.26 Å². The smallest absolute Gasteiger partial charge is 0.321 e. The van der Waals surface area contributed by atoms with Gasteiger partial charge in [0.25, 0.3) is 0 Å². The predicted octanol–water partition coefficient (Wildman–Crippen LogP) is 1.21. The summed E-state index contributed by atoms with van der Waals surface area (Å²) in [4.78, 5) is 0. The Kier molecular flexibility index (Phi) is 6.24. The second-order valence-electron chi connectivity index (χ2n) is 2.54. The highest BCUT2D eigenvalue weighted by Crippen LogP contribution is 2.08. The molecule has 0 aromatic heterocycles. The van der Waals surface area contributed by atoms with E-state index in [0.29, 0.717) is 5.92 Å². The first-order chi connectivity index (χ1) is 4.85. The topological polar surface area (TPSA) is 34.4 Å². The van der Waals surface area contributed by atoms with Gasteiger partial charge in [0.1, 0.15) is 0 Å². The van der Waals surface area contributed by atoms with E-state index in [1.807, 2.05) is 0 Å². The van der Waals surface area contributed by atoms with Crippen molar-refractivity contribution < 1.29 is 9.83 Å². The van der Waals surface area contributed by atoms with E-state index >= 15 is 0 Å². The van der Waals surface area contributed by atoms with Crippen LogP contribution >= 0.6 is 0 Å². The van der Waals surface area contributed by atoms with Crippen LogP contribution in [0.4, 0.5) is 0 Å². The van der Waals surface area contributed by atoms with Crippen LogP contribution in [0.5, 0.6) is 0 Å². The third kappa shape index (κ3) is 4.36. The summed E-state index contributed by atoms with van der Waals surface area (Å²) in [6, 6.07) is 0. The first-order valence-electron chi connectivity index (χ1n) is 3.97. The Morgan fingerprint density at radius 3 is 2.60 bits per heavy atom. The maximum atomic E-state index is 9.71. The molecule has 0 aromatic rings. The van der Waals surface area contributed by atoms with Crippen LogP contribution in [0.25, 0.3) is 0 Å². The van der Waals surface area contributed by atoms with Crippen molar-refractivity contribution in [2.24, 2.45) is 5.92 Å². The first kappa shape index (κ1) is 9.47. The van der Waals surface area contributed by atoms with Crippen LogP contribution < -0.4 is 5.26 Å². The van der Waals surface area contributed by atoms with Gasteiger partial charge in [-0.1, -0.05) is 26.7 Å². The van der Waals surface area contributed by atoms with Gasteiger partial charge in [-0.05, 0) is 12.8 Å². The van der Waals surface area contributed by atoms with E-state index in [4.69, 9.17) is 0 Å². The molecule has 0 spiro atoms. The highest BCUT2D eigenvalue weighted by molar-refractivity contribution is 5.53. The lowest BCUT2D eigenvalue weighted by molar-refractivity contribution is -1.04. The minimum atomic E-state index is 0.359. The Morgan fingerprint density at radius 1 is 1.50 bits per heavy atom. The van der Waals surface area contributed by atoms with E-state index in [0.717, 1.165) is 12.8 Å². The zero-order valence-corrected chi connectivity index (χ0v) is 6.80. The zero-order chi connectivity index (χ0) is 7.82. The van der Waals surface area contributed by atoms with Gasteiger partial charge in [-0.25, -0.2) is 0 Å². The second-order valence-corrected chi connectivity index (χ2v) is 2.54. The van der Waals surface area contributed by atoms with E-state index < -0.39 is 0 Å². The molecule has 1 unspecified atom stereocenters. The molecule has 0 fully saturated rings. The van der Waals surface area contributed by atoms with Gasteiger partial charge in [0.05, 0.1) is 5.92 Å². The largest absolute Gasteiger partial charge is 0.463 e. The van der Waals surface area contributed by atoms with Gasteiger partial charge >= 0.3 is 6.29 Å². The highest BCUT2D eigenvalue weighted by atomic mass is 17.1. The van der Waals surface area contributed by atoms with Crippen molar-refractivity contribution >= 4 is 6.29 Å². The summed E-state index contributed by atoms with van der Waals surface area (Å²) >= 11 is 0. The molecule has 0 saturated heterocycles. The minimum Gasteiger partial charge on any atom is -0.463 e. The summed E-state index contributed by atoms with van der Waals surface area (Å²) in [5.41, 5.74) is 0. The molecule has 0 aliphatic carbocycles. The van der Waals surface area contributed by atoms with Gasteiger partial charge in [0.2, 0.25) is 0 Å². The first-order valence-corrected chi connectivity index (χ1v) is 3.97. The van der Waals surface area contributed by atoms with Gasteiger partial charge in [0.15, 0.2) is 0 Å². The predicted molar refractivity (Wildman–Crippen MR) is 39.4 cm³/mol. The molecule has 0 heterocycles. The summed E-state index contributed by atoms with van der Waals surface area (Å²) in [6.07, 6.45) is 5.84. The number of hydrogen-bond donors (Lipinski definition) is 0. The molecule has 0 rings (SSSR count). The maximum Gasteiger partial charge on any atom is 0.321 e. The molecule has 2 nitrogen and oxygen atoms in total. The summed E-state index contributed by atoms with van der Waals surface area (Å²) in [5.74, 6) is 0.359. The third-order valence-corrected chi connectivity index (χ3v) is 1.70. The van der Waals surface area contributed by atoms with Crippen LogP contribution in [0.15, 0.2) is 0 Å². The average molecular weight is 144 g/mol.